The average Bonchev–Trinajstić information content (AvgIpc) is 3.14. The van der Waals surface area contributed by atoms with E-state index in [1.54, 1.807) is 17.0 Å². The number of β-amino-alcohol motifs (C(OH)–C–C–N with tert-alkyl or cyclic N) is 1. The lowest BCUT2D eigenvalue weighted by atomic mass is 10.2. The highest BCUT2D eigenvalue weighted by Crippen LogP contribution is 2.33. The molecule has 2 fully saturated rings. The van der Waals surface area contributed by atoms with E-state index in [1.807, 2.05) is 0 Å². The Morgan fingerprint density at radius 3 is 2.54 bits per heavy atom. The lowest BCUT2D eigenvalue weighted by molar-refractivity contribution is -0.139. The van der Waals surface area contributed by atoms with Gasteiger partial charge >= 0.3 is 11.9 Å². The molecule has 0 amide bonds. The first-order valence-electron chi connectivity index (χ1n) is 7.82. The van der Waals surface area contributed by atoms with Gasteiger partial charge in [0.25, 0.3) is 0 Å². The maximum Gasteiger partial charge on any atom is 0.326 e. The maximum absolute atomic E-state index is 11.4. The topological polar surface area (TPSA) is 140 Å². The largest absolute Gasteiger partial charge is 0.480 e. The van der Waals surface area contributed by atoms with Gasteiger partial charge in [-0.2, -0.15) is 0 Å². The van der Waals surface area contributed by atoms with Gasteiger partial charge in [-0.1, -0.05) is 0 Å². The van der Waals surface area contributed by atoms with E-state index in [9.17, 15) is 24.9 Å². The number of rotatable bonds is 4. The van der Waals surface area contributed by atoms with E-state index < -0.39 is 30.1 Å². The van der Waals surface area contributed by atoms with Crippen molar-refractivity contribution in [1.82, 2.24) is 4.98 Å². The summed E-state index contributed by atoms with van der Waals surface area (Å²) in [6, 6.07) is 1.64. The molecule has 3 atom stereocenters. The summed E-state index contributed by atoms with van der Waals surface area (Å²) in [5, 5.41) is 28.4. The van der Waals surface area contributed by atoms with Crippen LogP contribution in [0.25, 0.3) is 0 Å². The lowest BCUT2D eigenvalue weighted by Gasteiger charge is -2.27. The van der Waals surface area contributed by atoms with E-state index in [1.165, 1.54) is 4.90 Å². The highest BCUT2D eigenvalue weighted by molar-refractivity contribution is 5.82. The second-order valence-electron chi connectivity index (χ2n) is 6.17. The van der Waals surface area contributed by atoms with Crippen LogP contribution in [-0.4, -0.2) is 63.5 Å². The molecule has 0 aliphatic carbocycles. The molecule has 9 nitrogen and oxygen atoms in total. The van der Waals surface area contributed by atoms with Crippen LogP contribution < -0.4 is 15.5 Å². The van der Waals surface area contributed by atoms with Crippen molar-refractivity contribution >= 4 is 29.3 Å². The Hall–Kier alpha value is -2.55. The molecule has 3 heterocycles. The van der Waals surface area contributed by atoms with E-state index in [-0.39, 0.29) is 13.0 Å². The van der Waals surface area contributed by atoms with Crippen LogP contribution in [0, 0.1) is 0 Å². The van der Waals surface area contributed by atoms with Crippen LogP contribution in [-0.2, 0) is 9.59 Å². The monoisotopic (exact) mass is 336 g/mol. The van der Waals surface area contributed by atoms with Gasteiger partial charge in [0.15, 0.2) is 5.82 Å². The number of aromatic nitrogens is 1. The van der Waals surface area contributed by atoms with Crippen LogP contribution in [0.2, 0.25) is 0 Å². The molecular weight excluding hydrogens is 316 g/mol. The van der Waals surface area contributed by atoms with Crippen molar-refractivity contribution in [2.24, 2.45) is 0 Å². The number of aliphatic hydroxyl groups is 1. The summed E-state index contributed by atoms with van der Waals surface area (Å²) in [5.41, 5.74) is 6.32. The number of carboxylic acid groups (broad SMARTS) is 2. The van der Waals surface area contributed by atoms with E-state index in [4.69, 9.17) is 5.73 Å². The zero-order valence-electron chi connectivity index (χ0n) is 13.0. The minimum atomic E-state index is -1.03. The molecule has 5 N–H and O–H groups in total. The number of hydrogen-bond donors (Lipinski definition) is 4. The van der Waals surface area contributed by atoms with Crippen LogP contribution in [0.4, 0.5) is 17.3 Å². The average molecular weight is 336 g/mol. The predicted octanol–water partition coefficient (Wildman–Crippen LogP) is -0.259. The van der Waals surface area contributed by atoms with E-state index >= 15 is 0 Å². The molecule has 3 rings (SSSR count). The normalized spacial score (nSPS) is 26.8. The molecule has 0 radical (unpaired) electrons. The van der Waals surface area contributed by atoms with Gasteiger partial charge in [0.2, 0.25) is 0 Å². The van der Waals surface area contributed by atoms with E-state index in [0.717, 1.165) is 6.42 Å². The molecule has 0 saturated carbocycles. The fourth-order valence-electron chi connectivity index (χ4n) is 3.42. The Morgan fingerprint density at radius 1 is 1.17 bits per heavy atom. The van der Waals surface area contributed by atoms with Crippen LogP contribution in [0.5, 0.6) is 0 Å². The Labute approximate surface area is 138 Å². The van der Waals surface area contributed by atoms with Gasteiger partial charge in [0, 0.05) is 19.5 Å². The van der Waals surface area contributed by atoms with Crippen molar-refractivity contribution in [2.45, 2.75) is 37.5 Å². The van der Waals surface area contributed by atoms with Crippen molar-refractivity contribution < 1.29 is 24.9 Å². The molecule has 2 saturated heterocycles. The number of aliphatic carboxylic acids is 2. The van der Waals surface area contributed by atoms with Gasteiger partial charge < -0.3 is 30.9 Å². The highest BCUT2D eigenvalue weighted by Gasteiger charge is 2.38. The maximum atomic E-state index is 11.4. The first-order valence-corrected chi connectivity index (χ1v) is 7.82. The minimum absolute atomic E-state index is 0.123. The first kappa shape index (κ1) is 16.3. The number of pyridine rings is 1. The Balaban J connectivity index is 1.94. The molecule has 130 valence electrons. The molecular formula is C15H20N4O5. The Bertz CT molecular complexity index is 667. The molecule has 1 aromatic rings. The van der Waals surface area contributed by atoms with Crippen molar-refractivity contribution in [2.75, 3.05) is 28.6 Å². The third kappa shape index (κ3) is 2.82. The molecule has 1 aromatic heterocycles. The van der Waals surface area contributed by atoms with E-state index in [2.05, 4.69) is 4.98 Å². The summed E-state index contributed by atoms with van der Waals surface area (Å²) in [6.07, 6.45) is 0.620. The zero-order valence-corrected chi connectivity index (χ0v) is 13.0. The number of carbonyl (C=O) groups is 2. The van der Waals surface area contributed by atoms with Crippen molar-refractivity contribution in [3.05, 3.63) is 12.1 Å². The highest BCUT2D eigenvalue weighted by atomic mass is 16.4. The lowest BCUT2D eigenvalue weighted by Crippen LogP contribution is -2.39. The fraction of sp³-hybridized carbons (Fsp3) is 0.533. The van der Waals surface area contributed by atoms with Gasteiger partial charge in [-0.15, -0.1) is 0 Å². The molecule has 0 bridgehead atoms. The van der Waals surface area contributed by atoms with Gasteiger partial charge in [-0.05, 0) is 25.0 Å². The summed E-state index contributed by atoms with van der Waals surface area (Å²) in [7, 11) is 0. The molecule has 0 spiro atoms. The zero-order chi connectivity index (χ0) is 17.4. The quantitative estimate of drug-likeness (QED) is 0.585. The minimum Gasteiger partial charge on any atom is -0.480 e. The number of aliphatic hydroxyl groups excluding tert-OH is 1. The Kier molecular flexibility index (Phi) is 4.18. The van der Waals surface area contributed by atoms with Crippen molar-refractivity contribution in [1.29, 1.82) is 0 Å². The molecule has 24 heavy (non-hydrogen) atoms. The molecule has 2 aliphatic heterocycles. The van der Waals surface area contributed by atoms with Crippen LogP contribution in [0.1, 0.15) is 19.3 Å². The molecule has 9 heteroatoms. The van der Waals surface area contributed by atoms with E-state index in [0.29, 0.717) is 30.3 Å². The molecule has 0 aromatic carbocycles. The van der Waals surface area contributed by atoms with Gasteiger partial charge in [0.05, 0.1) is 11.8 Å². The Morgan fingerprint density at radius 2 is 1.88 bits per heavy atom. The summed E-state index contributed by atoms with van der Waals surface area (Å²) < 4.78 is 0. The van der Waals surface area contributed by atoms with Gasteiger partial charge in [-0.25, -0.2) is 14.6 Å². The predicted molar refractivity (Wildman–Crippen MR) is 86.0 cm³/mol. The van der Waals surface area contributed by atoms with Crippen LogP contribution in [0.15, 0.2) is 12.1 Å². The molecule has 2 aliphatic rings. The number of nitrogens with two attached hydrogens (primary N) is 1. The second kappa shape index (κ2) is 6.16. The summed E-state index contributed by atoms with van der Waals surface area (Å²) in [6.45, 7) is 0.693. The SMILES string of the molecule is Nc1ccc(N2CC(O)CC2C(=O)O)nc1N1CCCC1C(=O)O. The standard InChI is InChI=1S/C15H20N4O5/c16-9-3-4-12(19-7-8(20)6-11(19)15(23)24)17-13(9)18-5-1-2-10(18)14(21)22/h3-4,8,10-11,20H,1-2,5-7,16H2,(H,21,22)(H,23,24). The third-order valence-electron chi connectivity index (χ3n) is 4.56. The molecule has 3 unspecified atom stereocenters. The number of anilines is 3. The number of carboxylic acids is 2. The van der Waals surface area contributed by atoms with Gasteiger partial charge in [-0.3, -0.25) is 0 Å². The fourth-order valence-corrected chi connectivity index (χ4v) is 3.42. The number of nitrogen functional groups attached to an aromatic ring is 1. The number of nitrogens with zero attached hydrogens (tertiary/aromatic N) is 3. The van der Waals surface area contributed by atoms with Crippen molar-refractivity contribution in [3.63, 3.8) is 0 Å². The smallest absolute Gasteiger partial charge is 0.326 e. The van der Waals surface area contributed by atoms with Gasteiger partial charge in [0.1, 0.15) is 17.9 Å². The summed E-state index contributed by atoms with van der Waals surface area (Å²) in [4.78, 5) is 30.4. The van der Waals surface area contributed by atoms with Crippen molar-refractivity contribution in [3.8, 4) is 0 Å². The third-order valence-corrected chi connectivity index (χ3v) is 4.56. The first-order chi connectivity index (χ1) is 11.4. The summed E-state index contributed by atoms with van der Waals surface area (Å²) >= 11 is 0. The summed E-state index contributed by atoms with van der Waals surface area (Å²) in [5.74, 6) is -1.24. The van der Waals surface area contributed by atoms with Crippen LogP contribution >= 0.6 is 0 Å². The van der Waals surface area contributed by atoms with Crippen LogP contribution in [0.3, 0.4) is 0 Å². The number of hydrogen-bond acceptors (Lipinski definition) is 7. The second-order valence-corrected chi connectivity index (χ2v) is 6.17.